The molecule has 0 spiro atoms. The van der Waals surface area contributed by atoms with Crippen molar-refractivity contribution >= 4 is 5.97 Å². The summed E-state index contributed by atoms with van der Waals surface area (Å²) in [7, 11) is 0. The van der Waals surface area contributed by atoms with Crippen LogP contribution in [0.4, 0.5) is 0 Å². The zero-order valence-corrected chi connectivity index (χ0v) is 4.79. The van der Waals surface area contributed by atoms with Crippen molar-refractivity contribution in [2.75, 3.05) is 6.67 Å². The van der Waals surface area contributed by atoms with Gasteiger partial charge in [-0.2, -0.15) is 0 Å². The van der Waals surface area contributed by atoms with Crippen LogP contribution in [0.5, 0.6) is 0 Å². The summed E-state index contributed by atoms with van der Waals surface area (Å²) in [5.41, 5.74) is 0. The average Bonchev–Trinajstić information content (AvgIpc) is 1.90. The average molecular weight is 128 g/mol. The number of rotatable bonds is 1. The van der Waals surface area contributed by atoms with E-state index in [1.54, 1.807) is 12.3 Å². The molecule has 0 saturated heterocycles. The van der Waals surface area contributed by atoms with Gasteiger partial charge in [-0.1, -0.05) is 0 Å². The summed E-state index contributed by atoms with van der Waals surface area (Å²) in [6.45, 7) is 0.521. The fourth-order valence-electron chi connectivity index (χ4n) is 0.630. The lowest BCUT2D eigenvalue weighted by Crippen LogP contribution is -2.42. The van der Waals surface area contributed by atoms with Gasteiger partial charge in [0.25, 0.3) is 0 Å². The highest BCUT2D eigenvalue weighted by Crippen LogP contribution is 1.88. The molecule has 4 heteroatoms. The molecule has 9 heavy (non-hydrogen) atoms. The minimum Gasteiger partial charge on any atom is -0.480 e. The van der Waals surface area contributed by atoms with Crippen molar-refractivity contribution in [3.8, 4) is 0 Å². The van der Waals surface area contributed by atoms with Crippen molar-refractivity contribution in [3.63, 3.8) is 0 Å². The van der Waals surface area contributed by atoms with E-state index < -0.39 is 12.0 Å². The van der Waals surface area contributed by atoms with Gasteiger partial charge in [-0.3, -0.25) is 10.1 Å². The molecule has 0 aromatic carbocycles. The molecule has 0 aliphatic carbocycles. The molecule has 1 atom stereocenters. The van der Waals surface area contributed by atoms with Gasteiger partial charge in [0.2, 0.25) is 0 Å². The lowest BCUT2D eigenvalue weighted by Gasteiger charge is -2.14. The Morgan fingerprint density at radius 2 is 2.56 bits per heavy atom. The third-order valence-corrected chi connectivity index (χ3v) is 1.10. The number of hydrogen-bond donors (Lipinski definition) is 3. The van der Waals surface area contributed by atoms with Gasteiger partial charge < -0.3 is 10.4 Å². The van der Waals surface area contributed by atoms with Crippen LogP contribution in [0.25, 0.3) is 0 Å². The van der Waals surface area contributed by atoms with Gasteiger partial charge >= 0.3 is 5.97 Å². The van der Waals surface area contributed by atoms with Crippen LogP contribution in [0.15, 0.2) is 12.3 Å². The second-order valence-corrected chi connectivity index (χ2v) is 1.76. The second kappa shape index (κ2) is 2.50. The smallest absolute Gasteiger partial charge is 0.324 e. The molecular formula is C5H8N2O2. The van der Waals surface area contributed by atoms with E-state index in [1.165, 1.54) is 0 Å². The highest BCUT2D eigenvalue weighted by Gasteiger charge is 2.13. The number of carbonyl (C=O) groups is 1. The predicted molar refractivity (Wildman–Crippen MR) is 31.7 cm³/mol. The number of hydrogen-bond acceptors (Lipinski definition) is 3. The highest BCUT2D eigenvalue weighted by molar-refractivity contribution is 5.75. The van der Waals surface area contributed by atoms with Crippen LogP contribution < -0.4 is 10.6 Å². The molecule has 3 N–H and O–H groups in total. The topological polar surface area (TPSA) is 61.4 Å². The highest BCUT2D eigenvalue weighted by atomic mass is 16.4. The summed E-state index contributed by atoms with van der Waals surface area (Å²) in [4.78, 5) is 10.2. The largest absolute Gasteiger partial charge is 0.480 e. The van der Waals surface area contributed by atoms with Gasteiger partial charge in [0, 0.05) is 0 Å². The van der Waals surface area contributed by atoms with E-state index >= 15 is 0 Å². The van der Waals surface area contributed by atoms with Gasteiger partial charge in [-0.15, -0.1) is 0 Å². The summed E-state index contributed by atoms with van der Waals surface area (Å²) in [6, 6.07) is -0.522. The van der Waals surface area contributed by atoms with Crippen LogP contribution >= 0.6 is 0 Å². The van der Waals surface area contributed by atoms with Crippen LogP contribution in [0, 0.1) is 0 Å². The molecule has 1 heterocycles. The van der Waals surface area contributed by atoms with E-state index in [2.05, 4.69) is 10.6 Å². The van der Waals surface area contributed by atoms with Gasteiger partial charge in [0.15, 0.2) is 0 Å². The molecule has 0 aromatic heterocycles. The van der Waals surface area contributed by atoms with Crippen LogP contribution in [0.3, 0.4) is 0 Å². The molecular weight excluding hydrogens is 120 g/mol. The van der Waals surface area contributed by atoms with Gasteiger partial charge in [-0.05, 0) is 12.3 Å². The minimum atomic E-state index is -0.840. The maximum atomic E-state index is 10.2. The van der Waals surface area contributed by atoms with Crippen LogP contribution in [0.1, 0.15) is 0 Å². The van der Waals surface area contributed by atoms with Crippen molar-refractivity contribution in [3.05, 3.63) is 12.3 Å². The Morgan fingerprint density at radius 1 is 1.78 bits per heavy atom. The molecule has 0 fully saturated rings. The summed E-state index contributed by atoms with van der Waals surface area (Å²) < 4.78 is 0. The van der Waals surface area contributed by atoms with Crippen LogP contribution in [0.2, 0.25) is 0 Å². The van der Waals surface area contributed by atoms with Gasteiger partial charge in [-0.25, -0.2) is 0 Å². The molecule has 1 aliphatic heterocycles. The molecule has 0 amide bonds. The predicted octanol–water partition coefficient (Wildman–Crippen LogP) is -0.896. The first kappa shape index (κ1) is 6.10. The first-order valence-electron chi connectivity index (χ1n) is 2.67. The minimum absolute atomic E-state index is 0.521. The Balaban J connectivity index is 2.50. The Hall–Kier alpha value is -1.03. The summed E-state index contributed by atoms with van der Waals surface area (Å²) in [5.74, 6) is -0.840. The van der Waals surface area contributed by atoms with Crippen molar-refractivity contribution in [1.82, 2.24) is 10.6 Å². The van der Waals surface area contributed by atoms with E-state index in [4.69, 9.17) is 5.11 Å². The zero-order valence-electron chi connectivity index (χ0n) is 4.79. The molecule has 4 nitrogen and oxygen atoms in total. The molecule has 0 bridgehead atoms. The zero-order chi connectivity index (χ0) is 6.69. The van der Waals surface area contributed by atoms with E-state index in [0.29, 0.717) is 6.67 Å². The van der Waals surface area contributed by atoms with Crippen molar-refractivity contribution < 1.29 is 9.90 Å². The van der Waals surface area contributed by atoms with Crippen molar-refractivity contribution in [2.24, 2.45) is 0 Å². The Labute approximate surface area is 52.6 Å². The third-order valence-electron chi connectivity index (χ3n) is 1.10. The molecule has 0 aromatic rings. The third kappa shape index (κ3) is 1.43. The number of nitrogens with one attached hydrogen (secondary N) is 2. The maximum Gasteiger partial charge on any atom is 0.324 e. The number of aliphatic carboxylic acids is 1. The summed E-state index contributed by atoms with van der Waals surface area (Å²) in [6.07, 6.45) is 3.20. The van der Waals surface area contributed by atoms with Gasteiger partial charge in [0.1, 0.15) is 6.04 Å². The first-order valence-corrected chi connectivity index (χ1v) is 2.67. The Morgan fingerprint density at radius 3 is 2.89 bits per heavy atom. The van der Waals surface area contributed by atoms with Crippen molar-refractivity contribution in [2.45, 2.75) is 6.04 Å². The standard InChI is InChI=1S/C5H8N2O2/c8-5(9)4-1-2-6-3-7-4/h1-2,4,6-7H,3H2,(H,8,9). The monoisotopic (exact) mass is 128 g/mol. The van der Waals surface area contributed by atoms with Crippen molar-refractivity contribution in [1.29, 1.82) is 0 Å². The normalized spacial score (nSPS) is 25.1. The Kier molecular flexibility index (Phi) is 1.69. The molecule has 1 aliphatic rings. The molecule has 1 unspecified atom stereocenters. The molecule has 0 saturated carbocycles. The Bertz CT molecular complexity index is 144. The molecule has 50 valence electrons. The van der Waals surface area contributed by atoms with Crippen LogP contribution in [-0.4, -0.2) is 23.8 Å². The SMILES string of the molecule is O=C(O)C1C=CNCN1. The molecule has 0 radical (unpaired) electrons. The quantitative estimate of drug-likeness (QED) is 0.428. The fourth-order valence-corrected chi connectivity index (χ4v) is 0.630. The number of carboxylic acids is 1. The summed E-state index contributed by atoms with van der Waals surface area (Å²) in [5, 5.41) is 13.9. The fraction of sp³-hybridized carbons (Fsp3) is 0.400. The van der Waals surface area contributed by atoms with E-state index in [1.807, 2.05) is 0 Å². The lowest BCUT2D eigenvalue weighted by atomic mass is 10.3. The van der Waals surface area contributed by atoms with E-state index in [9.17, 15) is 4.79 Å². The first-order chi connectivity index (χ1) is 4.30. The number of carboxylic acid groups (broad SMARTS) is 1. The van der Waals surface area contributed by atoms with Crippen LogP contribution in [-0.2, 0) is 4.79 Å². The van der Waals surface area contributed by atoms with E-state index in [-0.39, 0.29) is 0 Å². The molecule has 1 rings (SSSR count). The second-order valence-electron chi connectivity index (χ2n) is 1.76. The summed E-state index contributed by atoms with van der Waals surface area (Å²) >= 11 is 0. The maximum absolute atomic E-state index is 10.2. The van der Waals surface area contributed by atoms with E-state index in [0.717, 1.165) is 0 Å². The lowest BCUT2D eigenvalue weighted by molar-refractivity contribution is -0.138. The van der Waals surface area contributed by atoms with Gasteiger partial charge in [0.05, 0.1) is 6.67 Å².